The zero-order chi connectivity index (χ0) is 19.3. The van der Waals surface area contributed by atoms with Crippen LogP contribution in [0.15, 0.2) is 48.9 Å². The molecule has 28 heavy (non-hydrogen) atoms. The number of hydrogen-bond donors (Lipinski definition) is 0. The molecule has 1 aliphatic rings. The van der Waals surface area contributed by atoms with E-state index in [1.165, 1.54) is 0 Å². The van der Waals surface area contributed by atoms with Gasteiger partial charge in [0.1, 0.15) is 5.82 Å². The molecule has 0 bridgehead atoms. The first kappa shape index (κ1) is 18.8. The Bertz CT molecular complexity index is 944. The molecular formula is C20H25N7S. The Morgan fingerprint density at radius 3 is 2.46 bits per heavy atom. The highest BCUT2D eigenvalue weighted by molar-refractivity contribution is 7.71. The fourth-order valence-corrected chi connectivity index (χ4v) is 3.80. The van der Waals surface area contributed by atoms with Crippen molar-refractivity contribution in [2.75, 3.05) is 31.1 Å². The number of anilines is 1. The van der Waals surface area contributed by atoms with Crippen LogP contribution in [0, 0.1) is 4.77 Å². The van der Waals surface area contributed by atoms with Gasteiger partial charge in [-0.1, -0.05) is 13.0 Å². The predicted octanol–water partition coefficient (Wildman–Crippen LogP) is 3.06. The number of aromatic nitrogens is 5. The van der Waals surface area contributed by atoms with E-state index in [9.17, 15) is 0 Å². The maximum absolute atomic E-state index is 5.75. The molecule has 3 aromatic rings. The summed E-state index contributed by atoms with van der Waals surface area (Å²) in [6.45, 7) is 7.57. The highest BCUT2D eigenvalue weighted by atomic mass is 32.1. The minimum absolute atomic E-state index is 0.712. The van der Waals surface area contributed by atoms with Crippen molar-refractivity contribution >= 4 is 18.0 Å². The molecule has 1 aliphatic heterocycles. The maximum atomic E-state index is 5.75. The molecule has 0 aliphatic carbocycles. The molecule has 0 spiro atoms. The van der Waals surface area contributed by atoms with E-state index in [1.807, 2.05) is 35.1 Å². The summed E-state index contributed by atoms with van der Waals surface area (Å²) in [5.41, 5.74) is 1.05. The van der Waals surface area contributed by atoms with E-state index in [0.717, 1.165) is 61.1 Å². The lowest BCUT2D eigenvalue weighted by Gasteiger charge is -2.35. The molecular weight excluding hydrogens is 370 g/mol. The van der Waals surface area contributed by atoms with Crippen LogP contribution in [0.4, 0.5) is 5.82 Å². The van der Waals surface area contributed by atoms with Crippen molar-refractivity contribution < 1.29 is 0 Å². The lowest BCUT2D eigenvalue weighted by Crippen LogP contribution is -2.47. The summed E-state index contributed by atoms with van der Waals surface area (Å²) in [5, 5.41) is 4.85. The first-order valence-corrected chi connectivity index (χ1v) is 10.1. The molecule has 1 fully saturated rings. The van der Waals surface area contributed by atoms with Crippen molar-refractivity contribution in [1.29, 1.82) is 0 Å². The van der Waals surface area contributed by atoms with Gasteiger partial charge in [-0.25, -0.2) is 9.67 Å². The molecule has 7 nitrogen and oxygen atoms in total. The van der Waals surface area contributed by atoms with Crippen LogP contribution in [0.2, 0.25) is 0 Å². The van der Waals surface area contributed by atoms with Crippen LogP contribution in [-0.4, -0.2) is 55.4 Å². The van der Waals surface area contributed by atoms with Gasteiger partial charge in [0.2, 0.25) is 0 Å². The van der Waals surface area contributed by atoms with Crippen molar-refractivity contribution in [2.45, 2.75) is 26.6 Å². The number of pyridine rings is 2. The topological polar surface area (TPSA) is 55.0 Å². The van der Waals surface area contributed by atoms with E-state index in [1.54, 1.807) is 12.4 Å². The summed E-state index contributed by atoms with van der Waals surface area (Å²) >= 11 is 5.75. The van der Waals surface area contributed by atoms with Crippen LogP contribution in [0.3, 0.4) is 0 Å². The van der Waals surface area contributed by atoms with Gasteiger partial charge >= 0.3 is 0 Å². The molecule has 3 aromatic heterocycles. The van der Waals surface area contributed by atoms with Crippen LogP contribution in [0.5, 0.6) is 0 Å². The van der Waals surface area contributed by atoms with E-state index in [0.29, 0.717) is 6.67 Å². The van der Waals surface area contributed by atoms with Crippen molar-refractivity contribution in [1.82, 2.24) is 29.2 Å². The number of hydrogen-bond acceptors (Lipinski definition) is 6. The molecule has 0 saturated carbocycles. The fraction of sp³-hybridized carbons (Fsp3) is 0.400. The minimum atomic E-state index is 0.712. The summed E-state index contributed by atoms with van der Waals surface area (Å²) in [6, 6.07) is 10.0. The quantitative estimate of drug-likeness (QED) is 0.598. The zero-order valence-electron chi connectivity index (χ0n) is 16.1. The van der Waals surface area contributed by atoms with Crippen molar-refractivity contribution in [3.8, 4) is 11.4 Å². The predicted molar refractivity (Wildman–Crippen MR) is 113 cm³/mol. The highest BCUT2D eigenvalue weighted by Crippen LogP contribution is 2.19. The van der Waals surface area contributed by atoms with Gasteiger partial charge in [0.25, 0.3) is 0 Å². The Morgan fingerprint density at radius 2 is 1.79 bits per heavy atom. The van der Waals surface area contributed by atoms with Gasteiger partial charge in [0, 0.05) is 56.9 Å². The number of rotatable bonds is 6. The molecule has 4 rings (SSSR count). The number of piperazine rings is 1. The van der Waals surface area contributed by atoms with Gasteiger partial charge in [-0.3, -0.25) is 14.5 Å². The molecule has 4 heterocycles. The molecule has 0 amide bonds. The second kappa shape index (κ2) is 8.62. The Balaban J connectivity index is 1.49. The van der Waals surface area contributed by atoms with Crippen LogP contribution in [0.1, 0.15) is 13.3 Å². The average molecular weight is 396 g/mol. The van der Waals surface area contributed by atoms with E-state index >= 15 is 0 Å². The third kappa shape index (κ3) is 3.98. The van der Waals surface area contributed by atoms with E-state index < -0.39 is 0 Å². The smallest absolute Gasteiger partial charge is 0.199 e. The Labute approximate surface area is 170 Å². The van der Waals surface area contributed by atoms with Gasteiger partial charge in [0.15, 0.2) is 10.6 Å². The molecule has 0 N–H and O–H groups in total. The first-order valence-electron chi connectivity index (χ1n) is 9.72. The highest BCUT2D eigenvalue weighted by Gasteiger charge is 2.20. The van der Waals surface area contributed by atoms with Crippen LogP contribution < -0.4 is 4.90 Å². The van der Waals surface area contributed by atoms with Crippen molar-refractivity contribution in [3.05, 3.63) is 53.7 Å². The van der Waals surface area contributed by atoms with Crippen LogP contribution in [0.25, 0.3) is 11.4 Å². The lowest BCUT2D eigenvalue weighted by atomic mass is 10.2. The van der Waals surface area contributed by atoms with E-state index in [4.69, 9.17) is 17.3 Å². The molecule has 0 aromatic carbocycles. The monoisotopic (exact) mass is 395 g/mol. The Morgan fingerprint density at radius 1 is 1.00 bits per heavy atom. The third-order valence-corrected chi connectivity index (χ3v) is 5.42. The zero-order valence-corrected chi connectivity index (χ0v) is 16.9. The summed E-state index contributed by atoms with van der Waals surface area (Å²) in [7, 11) is 0. The van der Waals surface area contributed by atoms with Crippen LogP contribution in [-0.2, 0) is 13.2 Å². The maximum Gasteiger partial charge on any atom is 0.199 e. The fourth-order valence-electron chi connectivity index (χ4n) is 3.52. The normalized spacial score (nSPS) is 15.1. The van der Waals surface area contributed by atoms with Gasteiger partial charge < -0.3 is 4.90 Å². The SMILES string of the molecule is CCCn1c(-c2ccncc2)nn(CN2CCN(c3ccccn3)CC2)c1=S. The Kier molecular flexibility index (Phi) is 5.78. The standard InChI is InChI=1S/C20H25N7S/c1-2-11-26-19(17-6-9-21-10-7-17)23-27(20(26)28)16-24-12-14-25(15-13-24)18-5-3-4-8-22-18/h3-10H,2,11-16H2,1H3. The molecule has 0 unspecified atom stereocenters. The average Bonchev–Trinajstić information content (AvgIpc) is 3.06. The number of nitrogens with zero attached hydrogens (tertiary/aromatic N) is 7. The summed E-state index contributed by atoms with van der Waals surface area (Å²) in [4.78, 5) is 13.3. The van der Waals surface area contributed by atoms with Gasteiger partial charge in [0.05, 0.1) is 6.67 Å². The molecule has 8 heteroatoms. The first-order chi connectivity index (χ1) is 13.8. The summed E-state index contributed by atoms with van der Waals surface area (Å²) in [6.07, 6.45) is 6.46. The summed E-state index contributed by atoms with van der Waals surface area (Å²) in [5.74, 6) is 1.97. The molecule has 0 radical (unpaired) electrons. The minimum Gasteiger partial charge on any atom is -0.354 e. The van der Waals surface area contributed by atoms with Crippen molar-refractivity contribution in [3.63, 3.8) is 0 Å². The molecule has 0 atom stereocenters. The molecule has 1 saturated heterocycles. The molecule has 146 valence electrons. The van der Waals surface area contributed by atoms with Gasteiger partial charge in [-0.05, 0) is 42.9 Å². The van der Waals surface area contributed by atoms with Gasteiger partial charge in [-0.2, -0.15) is 5.10 Å². The summed E-state index contributed by atoms with van der Waals surface area (Å²) < 4.78 is 4.87. The lowest BCUT2D eigenvalue weighted by molar-refractivity contribution is 0.194. The van der Waals surface area contributed by atoms with Gasteiger partial charge in [-0.15, -0.1) is 0 Å². The second-order valence-electron chi connectivity index (χ2n) is 6.93. The third-order valence-electron chi connectivity index (χ3n) is 4.99. The van der Waals surface area contributed by atoms with E-state index in [-0.39, 0.29) is 0 Å². The second-order valence-corrected chi connectivity index (χ2v) is 7.29. The Hall–Kier alpha value is -2.58. The largest absolute Gasteiger partial charge is 0.354 e. The van der Waals surface area contributed by atoms with Crippen molar-refractivity contribution in [2.24, 2.45) is 0 Å². The van der Waals surface area contributed by atoms with Crippen LogP contribution >= 0.6 is 12.2 Å². The van der Waals surface area contributed by atoms with E-state index in [2.05, 4.69) is 37.3 Å².